The quantitative estimate of drug-likeness (QED) is 0.853. The van der Waals surface area contributed by atoms with Gasteiger partial charge < -0.3 is 9.64 Å². The van der Waals surface area contributed by atoms with E-state index in [2.05, 4.69) is 4.90 Å². The van der Waals surface area contributed by atoms with Crippen LogP contribution in [0.2, 0.25) is 0 Å². The summed E-state index contributed by atoms with van der Waals surface area (Å²) in [5.41, 5.74) is 0.471. The summed E-state index contributed by atoms with van der Waals surface area (Å²) in [7, 11) is 0. The molecule has 0 aromatic heterocycles. The average Bonchev–Trinajstić information content (AvgIpc) is 3.18. The number of rotatable bonds is 3. The van der Waals surface area contributed by atoms with Crippen molar-refractivity contribution in [1.29, 1.82) is 0 Å². The molecular formula is C19H25FN2O2. The molecule has 24 heavy (non-hydrogen) atoms. The molecule has 2 atom stereocenters. The van der Waals surface area contributed by atoms with E-state index in [1.165, 1.54) is 12.1 Å². The minimum Gasteiger partial charge on any atom is -0.381 e. The van der Waals surface area contributed by atoms with Crippen LogP contribution in [0.3, 0.4) is 0 Å². The van der Waals surface area contributed by atoms with Gasteiger partial charge in [-0.15, -0.1) is 0 Å². The van der Waals surface area contributed by atoms with Gasteiger partial charge in [-0.1, -0.05) is 6.07 Å². The van der Waals surface area contributed by atoms with E-state index in [4.69, 9.17) is 4.74 Å². The summed E-state index contributed by atoms with van der Waals surface area (Å²) < 4.78 is 18.9. The highest BCUT2D eigenvalue weighted by Crippen LogP contribution is 2.34. The van der Waals surface area contributed by atoms with Crippen LogP contribution < -0.4 is 0 Å². The standard InChI is InChI=1S/C19H25FN2O2/c20-16-3-1-2-15(12-16)19(23)22-9-5-17-18(22)4-8-21(17)13-14-6-10-24-11-7-14/h1-3,12,14,17-18H,4-11,13H2/t17-,18+/m0/s1. The minimum absolute atomic E-state index is 0.0186. The maximum atomic E-state index is 13.4. The maximum Gasteiger partial charge on any atom is 0.254 e. The predicted molar refractivity (Wildman–Crippen MR) is 89.4 cm³/mol. The molecule has 3 heterocycles. The Labute approximate surface area is 142 Å². The van der Waals surface area contributed by atoms with Crippen molar-refractivity contribution in [3.8, 4) is 0 Å². The van der Waals surface area contributed by atoms with Crippen LogP contribution in [-0.2, 0) is 4.74 Å². The second-order valence-corrected chi connectivity index (χ2v) is 7.27. The van der Waals surface area contributed by atoms with E-state index in [1.807, 2.05) is 4.90 Å². The Bertz CT molecular complexity index is 603. The number of carbonyl (C=O) groups excluding carboxylic acids is 1. The van der Waals surface area contributed by atoms with E-state index in [9.17, 15) is 9.18 Å². The van der Waals surface area contributed by atoms with Gasteiger partial charge in [-0.05, 0) is 49.8 Å². The van der Waals surface area contributed by atoms with E-state index in [0.29, 0.717) is 17.6 Å². The highest BCUT2D eigenvalue weighted by Gasteiger charge is 2.44. The normalized spacial score (nSPS) is 28.3. The Kier molecular flexibility index (Phi) is 4.55. The molecule has 3 fully saturated rings. The van der Waals surface area contributed by atoms with E-state index in [1.54, 1.807) is 12.1 Å². The molecule has 3 saturated heterocycles. The number of benzene rings is 1. The minimum atomic E-state index is -0.343. The fourth-order valence-electron chi connectivity index (χ4n) is 4.60. The average molecular weight is 332 g/mol. The third-order valence-electron chi connectivity index (χ3n) is 5.86. The molecule has 0 bridgehead atoms. The summed E-state index contributed by atoms with van der Waals surface area (Å²) in [5.74, 6) is 0.365. The number of fused-ring (bicyclic) bond motifs is 1. The molecule has 3 aliphatic rings. The van der Waals surface area contributed by atoms with E-state index >= 15 is 0 Å². The van der Waals surface area contributed by atoms with Gasteiger partial charge >= 0.3 is 0 Å². The molecule has 4 nitrogen and oxygen atoms in total. The predicted octanol–water partition coefficient (Wildman–Crippen LogP) is 2.54. The van der Waals surface area contributed by atoms with Crippen molar-refractivity contribution in [3.05, 3.63) is 35.6 Å². The number of amides is 1. The first-order chi connectivity index (χ1) is 11.7. The Balaban J connectivity index is 1.41. The largest absolute Gasteiger partial charge is 0.381 e. The summed E-state index contributed by atoms with van der Waals surface area (Å²) in [6.07, 6.45) is 4.38. The number of hydrogen-bond acceptors (Lipinski definition) is 3. The van der Waals surface area contributed by atoms with Gasteiger partial charge in [-0.3, -0.25) is 9.69 Å². The lowest BCUT2D eigenvalue weighted by molar-refractivity contribution is 0.0502. The van der Waals surface area contributed by atoms with Gasteiger partial charge in [0.25, 0.3) is 5.91 Å². The number of nitrogens with zero attached hydrogens (tertiary/aromatic N) is 2. The molecule has 0 N–H and O–H groups in total. The molecule has 4 rings (SSSR count). The zero-order valence-corrected chi connectivity index (χ0v) is 14.0. The molecule has 1 aromatic rings. The van der Waals surface area contributed by atoms with E-state index in [-0.39, 0.29) is 11.7 Å². The number of carbonyl (C=O) groups is 1. The second kappa shape index (κ2) is 6.81. The van der Waals surface area contributed by atoms with Gasteiger partial charge in [0.15, 0.2) is 0 Å². The van der Waals surface area contributed by atoms with Crippen molar-refractivity contribution < 1.29 is 13.9 Å². The monoisotopic (exact) mass is 332 g/mol. The molecule has 5 heteroatoms. The summed E-state index contributed by atoms with van der Waals surface area (Å²) >= 11 is 0. The molecule has 0 saturated carbocycles. The highest BCUT2D eigenvalue weighted by molar-refractivity contribution is 5.94. The topological polar surface area (TPSA) is 32.8 Å². The van der Waals surface area contributed by atoms with Crippen molar-refractivity contribution in [2.75, 3.05) is 32.8 Å². The molecule has 3 aliphatic heterocycles. The molecule has 130 valence electrons. The van der Waals surface area contributed by atoms with Crippen LogP contribution in [-0.4, -0.2) is 60.6 Å². The zero-order chi connectivity index (χ0) is 16.5. The third kappa shape index (κ3) is 3.07. The van der Waals surface area contributed by atoms with Crippen molar-refractivity contribution in [1.82, 2.24) is 9.80 Å². The molecule has 1 aromatic carbocycles. The lowest BCUT2D eigenvalue weighted by Gasteiger charge is -2.30. The number of ether oxygens (including phenoxy) is 1. The molecule has 1 amide bonds. The number of likely N-dealkylation sites (tertiary alicyclic amines) is 2. The molecule has 0 radical (unpaired) electrons. The highest BCUT2D eigenvalue weighted by atomic mass is 19.1. The van der Waals surface area contributed by atoms with Crippen LogP contribution in [0.15, 0.2) is 24.3 Å². The number of hydrogen-bond donors (Lipinski definition) is 0. The van der Waals surface area contributed by atoms with Crippen LogP contribution in [0.5, 0.6) is 0 Å². The molecular weight excluding hydrogens is 307 g/mol. The molecule has 0 spiro atoms. The molecule has 0 aliphatic carbocycles. The van der Waals surface area contributed by atoms with E-state index < -0.39 is 0 Å². The third-order valence-corrected chi connectivity index (χ3v) is 5.86. The van der Waals surface area contributed by atoms with Gasteiger partial charge in [0, 0.05) is 50.5 Å². The van der Waals surface area contributed by atoms with Gasteiger partial charge in [-0.2, -0.15) is 0 Å². The van der Waals surface area contributed by atoms with Crippen molar-refractivity contribution >= 4 is 5.91 Å². The van der Waals surface area contributed by atoms with Crippen molar-refractivity contribution in [2.24, 2.45) is 5.92 Å². The lowest BCUT2D eigenvalue weighted by atomic mass is 9.99. The van der Waals surface area contributed by atoms with Gasteiger partial charge in [0.2, 0.25) is 0 Å². The Morgan fingerprint density at radius 3 is 2.71 bits per heavy atom. The maximum absolute atomic E-state index is 13.4. The van der Waals surface area contributed by atoms with Crippen LogP contribution in [0.25, 0.3) is 0 Å². The van der Waals surface area contributed by atoms with Gasteiger partial charge in [0.05, 0.1) is 0 Å². The fraction of sp³-hybridized carbons (Fsp3) is 0.632. The lowest BCUT2D eigenvalue weighted by Crippen LogP contribution is -2.41. The van der Waals surface area contributed by atoms with Crippen LogP contribution >= 0.6 is 0 Å². The SMILES string of the molecule is O=C(c1cccc(F)c1)N1CC[C@H]2[C@H]1CCN2CC1CCOCC1. The van der Waals surface area contributed by atoms with Crippen LogP contribution in [0, 0.1) is 11.7 Å². The smallest absolute Gasteiger partial charge is 0.254 e. The summed E-state index contributed by atoms with van der Waals surface area (Å²) in [6, 6.07) is 6.83. The Morgan fingerprint density at radius 1 is 1.12 bits per heavy atom. The second-order valence-electron chi connectivity index (χ2n) is 7.27. The Hall–Kier alpha value is -1.46. The van der Waals surface area contributed by atoms with Crippen molar-refractivity contribution in [2.45, 2.75) is 37.8 Å². The summed E-state index contributed by atoms with van der Waals surface area (Å²) in [5, 5.41) is 0. The number of halogens is 1. The summed E-state index contributed by atoms with van der Waals surface area (Å²) in [4.78, 5) is 17.3. The van der Waals surface area contributed by atoms with Crippen molar-refractivity contribution in [3.63, 3.8) is 0 Å². The first-order valence-electron chi connectivity index (χ1n) is 9.11. The van der Waals surface area contributed by atoms with Crippen LogP contribution in [0.1, 0.15) is 36.0 Å². The first kappa shape index (κ1) is 16.0. The zero-order valence-electron chi connectivity index (χ0n) is 14.0. The van der Waals surface area contributed by atoms with Gasteiger partial charge in [-0.25, -0.2) is 4.39 Å². The summed E-state index contributed by atoms with van der Waals surface area (Å²) in [6.45, 7) is 4.76. The van der Waals surface area contributed by atoms with Gasteiger partial charge in [0.1, 0.15) is 5.82 Å². The fourth-order valence-corrected chi connectivity index (χ4v) is 4.60. The van der Waals surface area contributed by atoms with Crippen LogP contribution in [0.4, 0.5) is 4.39 Å². The Morgan fingerprint density at radius 2 is 1.92 bits per heavy atom. The van der Waals surface area contributed by atoms with E-state index in [0.717, 1.165) is 64.4 Å². The molecule has 0 unspecified atom stereocenters. The first-order valence-corrected chi connectivity index (χ1v) is 9.11.